The van der Waals surface area contributed by atoms with Gasteiger partial charge in [0.2, 0.25) is 11.8 Å². The Bertz CT molecular complexity index is 1230. The molecular weight excluding hydrogens is 606 g/mol. The van der Waals surface area contributed by atoms with Gasteiger partial charge in [-0.1, -0.05) is 43.0 Å². The molecule has 11 heteroatoms. The average Bonchev–Trinajstić information content (AvgIpc) is 3.48. The Hall–Kier alpha value is -2.85. The van der Waals surface area contributed by atoms with Gasteiger partial charge in [0.15, 0.2) is 0 Å². The molecule has 2 heterocycles. The van der Waals surface area contributed by atoms with E-state index in [0.29, 0.717) is 56.3 Å². The Kier molecular flexibility index (Phi) is 11.7. The number of hydrazine groups is 1. The number of rotatable bonds is 8. The lowest BCUT2D eigenvalue weighted by Crippen LogP contribution is -2.61. The number of likely N-dealkylation sites (tertiary alicyclic amines) is 1. The Morgan fingerprint density at radius 1 is 0.913 bits per heavy atom. The minimum atomic E-state index is -0.885. The molecule has 3 aliphatic rings. The van der Waals surface area contributed by atoms with E-state index in [-0.39, 0.29) is 29.7 Å². The highest BCUT2D eigenvalue weighted by molar-refractivity contribution is 6.30. The summed E-state index contributed by atoms with van der Waals surface area (Å²) < 4.78 is 5.55. The molecule has 2 aliphatic heterocycles. The molecule has 3 N–H and O–H groups in total. The number of amides is 4. The van der Waals surface area contributed by atoms with Crippen molar-refractivity contribution in [3.8, 4) is 0 Å². The topological polar surface area (TPSA) is 120 Å². The van der Waals surface area contributed by atoms with E-state index in [1.807, 2.05) is 37.9 Å². The minimum absolute atomic E-state index is 0.122. The summed E-state index contributed by atoms with van der Waals surface area (Å²) in [5.74, 6) is -0.268. The van der Waals surface area contributed by atoms with Gasteiger partial charge in [-0.25, -0.2) is 9.80 Å². The summed E-state index contributed by atoms with van der Waals surface area (Å²) in [6, 6.07) is 5.58. The van der Waals surface area contributed by atoms with Crippen LogP contribution in [-0.2, 0) is 25.5 Å². The lowest BCUT2D eigenvalue weighted by atomic mass is 9.63. The van der Waals surface area contributed by atoms with Crippen LogP contribution < -0.4 is 16.1 Å². The number of halogens is 1. The third kappa shape index (κ3) is 9.59. The molecule has 1 saturated carbocycles. The van der Waals surface area contributed by atoms with Crippen LogP contribution in [0.3, 0.4) is 0 Å². The molecule has 10 nitrogen and oxygen atoms in total. The summed E-state index contributed by atoms with van der Waals surface area (Å²) >= 11 is 6.10. The van der Waals surface area contributed by atoms with E-state index in [0.717, 1.165) is 31.2 Å². The van der Waals surface area contributed by atoms with Crippen molar-refractivity contribution in [2.75, 3.05) is 19.6 Å². The van der Waals surface area contributed by atoms with Crippen molar-refractivity contribution in [3.63, 3.8) is 0 Å². The summed E-state index contributed by atoms with van der Waals surface area (Å²) in [6.45, 7) is 12.9. The first-order valence-electron chi connectivity index (χ1n) is 17.0. The smallest absolute Gasteiger partial charge is 0.410 e. The maximum atomic E-state index is 13.8. The van der Waals surface area contributed by atoms with Gasteiger partial charge in [0.05, 0.1) is 5.41 Å². The summed E-state index contributed by atoms with van der Waals surface area (Å²) in [5.41, 5.74) is 2.43. The Labute approximate surface area is 279 Å². The lowest BCUT2D eigenvalue weighted by Gasteiger charge is -2.47. The summed E-state index contributed by atoms with van der Waals surface area (Å²) in [7, 11) is 0. The summed E-state index contributed by atoms with van der Waals surface area (Å²) in [6.07, 6.45) is 7.81. The highest BCUT2D eigenvalue weighted by Gasteiger charge is 2.48. The van der Waals surface area contributed by atoms with Gasteiger partial charge < -0.3 is 15.4 Å². The molecule has 2 atom stereocenters. The van der Waals surface area contributed by atoms with Gasteiger partial charge in [-0.3, -0.25) is 24.7 Å². The monoisotopic (exact) mass is 659 g/mol. The number of benzene rings is 1. The molecule has 0 aromatic heterocycles. The van der Waals surface area contributed by atoms with Gasteiger partial charge in [-0.05, 0) is 104 Å². The number of piperidine rings is 1. The first-order valence-corrected chi connectivity index (χ1v) is 17.4. The third-order valence-electron chi connectivity index (χ3n) is 9.42. The number of nitrogens with one attached hydrogen (secondary N) is 3. The van der Waals surface area contributed by atoms with Crippen LogP contribution in [0.4, 0.5) is 4.79 Å². The molecule has 0 radical (unpaired) electrons. The molecule has 0 bridgehead atoms. The molecule has 4 rings (SSSR count). The summed E-state index contributed by atoms with van der Waals surface area (Å²) in [5, 5.41) is 8.68. The van der Waals surface area contributed by atoms with Crippen molar-refractivity contribution in [3.05, 3.63) is 34.9 Å². The van der Waals surface area contributed by atoms with Crippen molar-refractivity contribution < 1.29 is 23.9 Å². The lowest BCUT2D eigenvalue weighted by molar-refractivity contribution is -0.143. The van der Waals surface area contributed by atoms with E-state index >= 15 is 0 Å². The number of hydrogen-bond donors (Lipinski definition) is 3. The normalized spacial score (nSPS) is 21.7. The SMILES string of the molecule is CC(C)(C)NC(=O)C1(C2CCCCC2)CCN(NC(=O)[C@@H](Cc2ccc(Cl)cc2)NC(=O)C2CCCN2C(=O)OC(C)(C)C)CC1. The van der Waals surface area contributed by atoms with Crippen molar-refractivity contribution >= 4 is 35.4 Å². The van der Waals surface area contributed by atoms with E-state index in [1.54, 1.807) is 32.9 Å². The van der Waals surface area contributed by atoms with Crippen molar-refractivity contribution in [1.29, 1.82) is 0 Å². The van der Waals surface area contributed by atoms with Gasteiger partial charge in [0.1, 0.15) is 17.7 Å². The number of carbonyl (C=O) groups excluding carboxylic acids is 4. The van der Waals surface area contributed by atoms with Crippen LogP contribution in [-0.4, -0.2) is 76.6 Å². The third-order valence-corrected chi connectivity index (χ3v) is 9.67. The zero-order valence-electron chi connectivity index (χ0n) is 28.5. The van der Waals surface area contributed by atoms with E-state index in [1.165, 1.54) is 11.3 Å². The molecule has 0 spiro atoms. The Morgan fingerprint density at radius 2 is 1.54 bits per heavy atom. The van der Waals surface area contributed by atoms with Crippen LogP contribution in [0.5, 0.6) is 0 Å². The standard InChI is InChI=1S/C35H54ClN5O5/c1-33(2,3)38-31(44)35(25-11-8-7-9-12-25)18-21-40(22-19-35)39-29(42)27(23-24-14-16-26(36)17-15-24)37-30(43)28-13-10-20-41(28)32(45)46-34(4,5)6/h14-17,25,27-28H,7-13,18-23H2,1-6H3,(H,37,43)(H,38,44)(H,39,42)/t27-,28?/m1/s1. The maximum absolute atomic E-state index is 13.8. The van der Waals surface area contributed by atoms with Gasteiger partial charge in [0, 0.05) is 36.6 Å². The van der Waals surface area contributed by atoms with E-state index in [2.05, 4.69) is 16.1 Å². The van der Waals surface area contributed by atoms with E-state index < -0.39 is 29.2 Å². The molecule has 1 unspecified atom stereocenters. The molecular formula is C35H54ClN5O5. The summed E-state index contributed by atoms with van der Waals surface area (Å²) in [4.78, 5) is 55.6. The van der Waals surface area contributed by atoms with Crippen LogP contribution in [0.1, 0.15) is 105 Å². The maximum Gasteiger partial charge on any atom is 0.410 e. The fourth-order valence-corrected chi connectivity index (χ4v) is 7.23. The highest BCUT2D eigenvalue weighted by atomic mass is 35.5. The predicted molar refractivity (Wildman–Crippen MR) is 179 cm³/mol. The number of carbonyl (C=O) groups is 4. The van der Waals surface area contributed by atoms with Gasteiger partial charge in [-0.2, -0.15) is 0 Å². The van der Waals surface area contributed by atoms with Crippen LogP contribution >= 0.6 is 11.6 Å². The molecule has 1 aromatic rings. The second-order valence-electron chi connectivity index (χ2n) is 15.4. The first kappa shape index (κ1) is 36.0. The quantitative estimate of drug-likeness (QED) is 0.345. The van der Waals surface area contributed by atoms with Gasteiger partial charge in [0.25, 0.3) is 5.91 Å². The fourth-order valence-electron chi connectivity index (χ4n) is 7.10. The molecule has 4 amide bonds. The minimum Gasteiger partial charge on any atom is -0.444 e. The Balaban J connectivity index is 1.46. The number of ether oxygens (including phenoxy) is 1. The number of nitrogens with zero attached hydrogens (tertiary/aromatic N) is 2. The molecule has 1 aliphatic carbocycles. The largest absolute Gasteiger partial charge is 0.444 e. The fraction of sp³-hybridized carbons (Fsp3) is 0.714. The predicted octanol–water partition coefficient (Wildman–Crippen LogP) is 5.38. The van der Waals surface area contributed by atoms with Crippen LogP contribution in [0.15, 0.2) is 24.3 Å². The van der Waals surface area contributed by atoms with Crippen molar-refractivity contribution in [2.45, 2.75) is 129 Å². The molecule has 2 saturated heterocycles. The zero-order chi connectivity index (χ0) is 33.7. The van der Waals surface area contributed by atoms with Crippen molar-refractivity contribution in [2.24, 2.45) is 11.3 Å². The molecule has 46 heavy (non-hydrogen) atoms. The van der Waals surface area contributed by atoms with Crippen LogP contribution in [0.25, 0.3) is 0 Å². The van der Waals surface area contributed by atoms with E-state index in [9.17, 15) is 19.2 Å². The average molecular weight is 660 g/mol. The van der Waals surface area contributed by atoms with Gasteiger partial charge >= 0.3 is 6.09 Å². The molecule has 1 aromatic carbocycles. The van der Waals surface area contributed by atoms with Crippen LogP contribution in [0, 0.1) is 11.3 Å². The molecule has 3 fully saturated rings. The first-order chi connectivity index (χ1) is 21.6. The van der Waals surface area contributed by atoms with E-state index in [4.69, 9.17) is 16.3 Å². The van der Waals surface area contributed by atoms with Crippen LogP contribution in [0.2, 0.25) is 5.02 Å². The zero-order valence-corrected chi connectivity index (χ0v) is 29.3. The Morgan fingerprint density at radius 3 is 2.13 bits per heavy atom. The second-order valence-corrected chi connectivity index (χ2v) is 15.8. The highest BCUT2D eigenvalue weighted by Crippen LogP contribution is 2.46. The number of hydrogen-bond acceptors (Lipinski definition) is 6. The molecule has 256 valence electrons. The van der Waals surface area contributed by atoms with Gasteiger partial charge in [-0.15, -0.1) is 0 Å². The van der Waals surface area contributed by atoms with Crippen molar-refractivity contribution in [1.82, 2.24) is 26.0 Å². The second kappa shape index (κ2) is 14.9.